The highest BCUT2D eigenvalue weighted by atomic mass is 16.5. The molecular weight excluding hydrogens is 352 g/mol. The minimum Gasteiger partial charge on any atom is -0.449 e. The highest BCUT2D eigenvalue weighted by molar-refractivity contribution is 5.79. The topological polar surface area (TPSA) is 67.8 Å². The lowest BCUT2D eigenvalue weighted by molar-refractivity contribution is 0.140. The Hall–Kier alpha value is -2.91. The van der Waals surface area contributed by atoms with Crippen LogP contribution in [0, 0.1) is 5.92 Å². The van der Waals surface area contributed by atoms with E-state index in [1.165, 1.54) is 22.3 Å². The number of fused-ring (bicyclic) bond motifs is 3. The quantitative estimate of drug-likeness (QED) is 0.620. The number of carbonyl (C=O) groups is 1. The van der Waals surface area contributed by atoms with Crippen molar-refractivity contribution < 1.29 is 14.3 Å². The lowest BCUT2D eigenvalue weighted by atomic mass is 9.86. The molecule has 5 nitrogen and oxygen atoms in total. The minimum absolute atomic E-state index is 0.0785. The molecule has 0 aromatic heterocycles. The van der Waals surface area contributed by atoms with Crippen molar-refractivity contribution in [3.8, 4) is 11.1 Å². The van der Waals surface area contributed by atoms with Crippen molar-refractivity contribution in [2.24, 2.45) is 10.9 Å². The van der Waals surface area contributed by atoms with Gasteiger partial charge in [-0.05, 0) is 53.9 Å². The number of ether oxygens (including phenoxy) is 1. The van der Waals surface area contributed by atoms with Crippen LogP contribution in [0.2, 0.25) is 0 Å². The van der Waals surface area contributed by atoms with E-state index in [0.717, 1.165) is 25.7 Å². The van der Waals surface area contributed by atoms with E-state index in [0.29, 0.717) is 19.1 Å². The summed E-state index contributed by atoms with van der Waals surface area (Å²) in [5.41, 5.74) is 4.87. The van der Waals surface area contributed by atoms with Gasteiger partial charge >= 0.3 is 6.09 Å². The van der Waals surface area contributed by atoms with Gasteiger partial charge in [-0.3, -0.25) is 0 Å². The van der Waals surface area contributed by atoms with Gasteiger partial charge in [0, 0.05) is 12.5 Å². The smallest absolute Gasteiger partial charge is 0.407 e. The van der Waals surface area contributed by atoms with Gasteiger partial charge in [0.25, 0.3) is 0 Å². The maximum absolute atomic E-state index is 12.2. The second kappa shape index (κ2) is 8.41. The van der Waals surface area contributed by atoms with E-state index in [2.05, 4.69) is 34.6 Å². The Labute approximate surface area is 164 Å². The molecule has 0 radical (unpaired) electrons. The molecule has 0 heterocycles. The molecule has 0 aliphatic heterocycles. The first-order valence-electron chi connectivity index (χ1n) is 9.92. The Morgan fingerprint density at radius 2 is 1.61 bits per heavy atom. The molecule has 0 bridgehead atoms. The molecule has 0 saturated heterocycles. The van der Waals surface area contributed by atoms with Crippen molar-refractivity contribution >= 4 is 12.2 Å². The Morgan fingerprint density at radius 1 is 1.00 bits per heavy atom. The molecule has 28 heavy (non-hydrogen) atoms. The molecule has 5 heteroatoms. The maximum atomic E-state index is 12.2. The number of hydrogen-bond donors (Lipinski definition) is 1. The minimum atomic E-state index is -0.366. The summed E-state index contributed by atoms with van der Waals surface area (Å²) in [6.07, 6.45) is 4.96. The summed E-state index contributed by atoms with van der Waals surface area (Å²) < 4.78 is 5.57. The van der Waals surface area contributed by atoms with Gasteiger partial charge in [-0.15, -0.1) is 0 Å². The summed E-state index contributed by atoms with van der Waals surface area (Å²) >= 11 is 0. The Balaban J connectivity index is 1.30. The molecule has 2 aliphatic rings. The first kappa shape index (κ1) is 18.5. The normalized spacial score (nSPS) is 20.6. The van der Waals surface area contributed by atoms with Crippen LogP contribution in [0.25, 0.3) is 11.1 Å². The number of aliphatic imine (C=N–C) groups is 1. The lowest BCUT2D eigenvalue weighted by Gasteiger charge is -2.25. The van der Waals surface area contributed by atoms with Gasteiger partial charge in [-0.2, -0.15) is 0 Å². The van der Waals surface area contributed by atoms with E-state index in [1.54, 1.807) is 6.08 Å². The molecule has 0 atom stereocenters. The fourth-order valence-corrected chi connectivity index (χ4v) is 4.43. The van der Waals surface area contributed by atoms with Crippen molar-refractivity contribution in [1.82, 2.24) is 5.32 Å². The van der Waals surface area contributed by atoms with Crippen molar-refractivity contribution in [2.75, 3.05) is 13.2 Å². The van der Waals surface area contributed by atoms with Gasteiger partial charge < -0.3 is 10.1 Å². The molecule has 1 N–H and O–H groups in total. The van der Waals surface area contributed by atoms with Gasteiger partial charge in [0.05, 0.1) is 6.04 Å². The number of alkyl carbamates (subject to hydrolysis) is 1. The zero-order valence-corrected chi connectivity index (χ0v) is 15.8. The molecular formula is C23H24N2O3. The zero-order chi connectivity index (χ0) is 19.3. The SMILES string of the molecule is O=C=NC1CCC(CNC(=O)OCC2c3ccccc3-c3ccccc32)CC1. The van der Waals surface area contributed by atoms with E-state index in [4.69, 9.17) is 4.74 Å². The third kappa shape index (κ3) is 3.85. The highest BCUT2D eigenvalue weighted by Gasteiger charge is 2.29. The van der Waals surface area contributed by atoms with E-state index >= 15 is 0 Å². The molecule has 0 spiro atoms. The number of nitrogens with one attached hydrogen (secondary N) is 1. The summed E-state index contributed by atoms with van der Waals surface area (Å²) in [6.45, 7) is 0.939. The van der Waals surface area contributed by atoms with Gasteiger partial charge in [-0.1, -0.05) is 48.5 Å². The van der Waals surface area contributed by atoms with Crippen molar-refractivity contribution in [2.45, 2.75) is 37.6 Å². The van der Waals surface area contributed by atoms with Crippen LogP contribution >= 0.6 is 0 Å². The summed E-state index contributed by atoms with van der Waals surface area (Å²) in [5.74, 6) is 0.494. The van der Waals surface area contributed by atoms with Gasteiger partial charge in [0.1, 0.15) is 6.61 Å². The second-order valence-corrected chi connectivity index (χ2v) is 7.60. The molecule has 4 rings (SSSR count). The average molecular weight is 376 g/mol. The first-order chi connectivity index (χ1) is 13.8. The Bertz CT molecular complexity index is 851. The van der Waals surface area contributed by atoms with Gasteiger partial charge in [0.2, 0.25) is 6.08 Å². The van der Waals surface area contributed by atoms with Crippen LogP contribution in [-0.2, 0) is 9.53 Å². The number of hydrogen-bond acceptors (Lipinski definition) is 4. The Kier molecular flexibility index (Phi) is 5.54. The molecule has 144 valence electrons. The number of carbonyl (C=O) groups excluding carboxylic acids is 2. The van der Waals surface area contributed by atoms with Crippen molar-refractivity contribution in [1.29, 1.82) is 0 Å². The van der Waals surface area contributed by atoms with E-state index in [-0.39, 0.29) is 18.1 Å². The summed E-state index contributed by atoms with van der Waals surface area (Å²) in [4.78, 5) is 26.4. The monoisotopic (exact) mass is 376 g/mol. The molecule has 1 fully saturated rings. The van der Waals surface area contributed by atoms with Crippen molar-refractivity contribution in [3.63, 3.8) is 0 Å². The first-order valence-corrected chi connectivity index (χ1v) is 9.92. The van der Waals surface area contributed by atoms with E-state index in [1.807, 2.05) is 24.3 Å². The third-order valence-corrected chi connectivity index (χ3v) is 5.93. The number of amides is 1. The van der Waals surface area contributed by atoms with Crippen LogP contribution in [0.4, 0.5) is 4.79 Å². The van der Waals surface area contributed by atoms with E-state index < -0.39 is 0 Å². The molecule has 1 saturated carbocycles. The maximum Gasteiger partial charge on any atom is 0.407 e. The van der Waals surface area contributed by atoms with Gasteiger partial charge in [-0.25, -0.2) is 14.6 Å². The van der Waals surface area contributed by atoms with Crippen LogP contribution in [0.5, 0.6) is 0 Å². The lowest BCUT2D eigenvalue weighted by Crippen LogP contribution is -2.33. The molecule has 0 unspecified atom stereocenters. The summed E-state index contributed by atoms with van der Waals surface area (Å²) in [6, 6.07) is 16.7. The predicted molar refractivity (Wildman–Crippen MR) is 107 cm³/mol. The molecule has 2 aromatic rings. The number of isocyanates is 1. The standard InChI is InChI=1S/C23H24N2O3/c26-15-25-17-11-9-16(10-12-17)13-24-23(27)28-14-22-20-7-3-1-5-18(20)19-6-2-4-8-21(19)22/h1-8,16-17,22H,9-14H2,(H,24,27). The molecule has 2 aliphatic carbocycles. The highest BCUT2D eigenvalue weighted by Crippen LogP contribution is 2.44. The average Bonchev–Trinajstić information content (AvgIpc) is 3.06. The fourth-order valence-electron chi connectivity index (χ4n) is 4.43. The van der Waals surface area contributed by atoms with Gasteiger partial charge in [0.15, 0.2) is 0 Å². The third-order valence-electron chi connectivity index (χ3n) is 5.93. The van der Waals surface area contributed by atoms with Crippen LogP contribution in [-0.4, -0.2) is 31.4 Å². The number of rotatable bonds is 5. The number of nitrogens with zero attached hydrogens (tertiary/aromatic N) is 1. The Morgan fingerprint density at radius 3 is 2.21 bits per heavy atom. The molecule has 1 amide bonds. The largest absolute Gasteiger partial charge is 0.449 e. The van der Waals surface area contributed by atoms with Crippen molar-refractivity contribution in [3.05, 3.63) is 59.7 Å². The summed E-state index contributed by atoms with van der Waals surface area (Å²) in [7, 11) is 0. The predicted octanol–water partition coefficient (Wildman–Crippen LogP) is 4.42. The fraction of sp³-hybridized carbons (Fsp3) is 0.391. The summed E-state index contributed by atoms with van der Waals surface area (Å²) in [5, 5.41) is 2.90. The zero-order valence-electron chi connectivity index (χ0n) is 15.8. The van der Waals surface area contributed by atoms with Crippen LogP contribution in [0.1, 0.15) is 42.7 Å². The second-order valence-electron chi connectivity index (χ2n) is 7.60. The molecule has 2 aromatic carbocycles. The van der Waals surface area contributed by atoms with E-state index in [9.17, 15) is 9.59 Å². The van der Waals surface area contributed by atoms with Crippen LogP contribution in [0.15, 0.2) is 53.5 Å². The van der Waals surface area contributed by atoms with Crippen LogP contribution in [0.3, 0.4) is 0 Å². The van der Waals surface area contributed by atoms with Crippen LogP contribution < -0.4 is 5.32 Å². The number of benzene rings is 2.